The van der Waals surface area contributed by atoms with Gasteiger partial charge >= 0.3 is 5.97 Å². The summed E-state index contributed by atoms with van der Waals surface area (Å²) in [6.07, 6.45) is 0.905. The van der Waals surface area contributed by atoms with E-state index in [1.165, 1.54) is 5.56 Å². The highest BCUT2D eigenvalue weighted by molar-refractivity contribution is 5.87. The number of hydrogen-bond donors (Lipinski definition) is 1. The molecule has 1 aliphatic rings. The zero-order valence-corrected chi connectivity index (χ0v) is 11.9. The summed E-state index contributed by atoms with van der Waals surface area (Å²) in [6.45, 7) is 3.19. The van der Waals surface area contributed by atoms with E-state index in [4.69, 9.17) is 5.11 Å². The molecule has 3 nitrogen and oxygen atoms in total. The Bertz CT molecular complexity index is 618. The van der Waals surface area contributed by atoms with E-state index in [0.717, 1.165) is 31.6 Å². The fourth-order valence-corrected chi connectivity index (χ4v) is 2.84. The quantitative estimate of drug-likeness (QED) is 0.916. The van der Waals surface area contributed by atoms with Gasteiger partial charge in [-0.3, -0.25) is 0 Å². The second-order valence-corrected chi connectivity index (χ2v) is 5.62. The highest BCUT2D eigenvalue weighted by Gasteiger charge is 2.27. The minimum Gasteiger partial charge on any atom is -0.478 e. The van der Waals surface area contributed by atoms with E-state index in [2.05, 4.69) is 35.2 Å². The Kier molecular flexibility index (Phi) is 4.02. The van der Waals surface area contributed by atoms with Gasteiger partial charge in [-0.2, -0.15) is 0 Å². The molecule has 1 fully saturated rings. The average molecular weight is 281 g/mol. The summed E-state index contributed by atoms with van der Waals surface area (Å²) in [5.74, 6) is -0.207. The number of hydrogen-bond acceptors (Lipinski definition) is 2. The third kappa shape index (κ3) is 3.31. The molecule has 0 saturated carbocycles. The van der Waals surface area contributed by atoms with Crippen molar-refractivity contribution in [3.05, 3.63) is 71.3 Å². The van der Waals surface area contributed by atoms with E-state index in [1.54, 1.807) is 12.1 Å². The van der Waals surface area contributed by atoms with Gasteiger partial charge in [0.1, 0.15) is 0 Å². The molecular weight excluding hydrogens is 262 g/mol. The van der Waals surface area contributed by atoms with Gasteiger partial charge in [-0.25, -0.2) is 4.79 Å². The molecule has 0 atom stereocenters. The highest BCUT2D eigenvalue weighted by Crippen LogP contribution is 2.26. The zero-order chi connectivity index (χ0) is 14.7. The van der Waals surface area contributed by atoms with Crippen LogP contribution in [0.4, 0.5) is 0 Å². The Balaban J connectivity index is 1.49. The molecule has 1 N–H and O–H groups in total. The smallest absolute Gasteiger partial charge is 0.335 e. The normalized spacial score (nSPS) is 15.6. The number of carboxylic acid groups (broad SMARTS) is 1. The molecule has 0 amide bonds. The summed E-state index contributed by atoms with van der Waals surface area (Å²) in [5, 5.41) is 8.99. The molecule has 1 heterocycles. The first kappa shape index (κ1) is 13.8. The fourth-order valence-electron chi connectivity index (χ4n) is 2.84. The van der Waals surface area contributed by atoms with Crippen molar-refractivity contribution in [1.82, 2.24) is 4.90 Å². The van der Waals surface area contributed by atoms with Crippen molar-refractivity contribution in [2.45, 2.75) is 12.3 Å². The van der Waals surface area contributed by atoms with Crippen LogP contribution in [0, 0.1) is 0 Å². The molecule has 0 spiro atoms. The zero-order valence-electron chi connectivity index (χ0n) is 11.9. The summed E-state index contributed by atoms with van der Waals surface area (Å²) in [7, 11) is 0. The minimum atomic E-state index is -0.857. The molecule has 21 heavy (non-hydrogen) atoms. The Hall–Kier alpha value is -2.13. The molecule has 108 valence electrons. The molecule has 2 aromatic rings. The third-order valence-electron chi connectivity index (χ3n) is 4.12. The topological polar surface area (TPSA) is 40.5 Å². The summed E-state index contributed by atoms with van der Waals surface area (Å²) < 4.78 is 0. The monoisotopic (exact) mass is 281 g/mol. The summed E-state index contributed by atoms with van der Waals surface area (Å²) in [4.78, 5) is 13.4. The van der Waals surface area contributed by atoms with Gasteiger partial charge in [0.15, 0.2) is 0 Å². The summed E-state index contributed by atoms with van der Waals surface area (Å²) in [6, 6.07) is 17.9. The van der Waals surface area contributed by atoms with Gasteiger partial charge in [-0.05, 0) is 29.7 Å². The molecule has 0 aromatic heterocycles. The van der Waals surface area contributed by atoms with Crippen LogP contribution in [0.3, 0.4) is 0 Å². The van der Waals surface area contributed by atoms with Crippen LogP contribution in [0.25, 0.3) is 0 Å². The Morgan fingerprint density at radius 3 is 2.57 bits per heavy atom. The van der Waals surface area contributed by atoms with Gasteiger partial charge < -0.3 is 10.0 Å². The van der Waals surface area contributed by atoms with Crippen molar-refractivity contribution < 1.29 is 9.90 Å². The number of likely N-dealkylation sites (tertiary alicyclic amines) is 1. The number of aromatic carboxylic acids is 1. The van der Waals surface area contributed by atoms with Crippen molar-refractivity contribution in [2.24, 2.45) is 0 Å². The number of nitrogens with zero attached hydrogens (tertiary/aromatic N) is 1. The minimum absolute atomic E-state index is 0.373. The molecule has 0 radical (unpaired) electrons. The first-order chi connectivity index (χ1) is 10.2. The molecular formula is C18H19NO2. The van der Waals surface area contributed by atoms with E-state index in [-0.39, 0.29) is 0 Å². The second kappa shape index (κ2) is 6.10. The number of benzene rings is 2. The Morgan fingerprint density at radius 1 is 1.10 bits per heavy atom. The molecule has 0 unspecified atom stereocenters. The maximum Gasteiger partial charge on any atom is 0.335 e. The second-order valence-electron chi connectivity index (χ2n) is 5.62. The van der Waals surface area contributed by atoms with Crippen molar-refractivity contribution in [3.8, 4) is 0 Å². The fraction of sp³-hybridized carbons (Fsp3) is 0.278. The van der Waals surface area contributed by atoms with Gasteiger partial charge in [0.25, 0.3) is 0 Å². The summed E-state index contributed by atoms with van der Waals surface area (Å²) in [5.41, 5.74) is 2.89. The standard InChI is InChI=1S/C18H19NO2/c20-18(21)16-8-4-5-14(11-16)9-10-19-12-17(13-19)15-6-2-1-3-7-15/h1-8,11,17H,9-10,12-13H2,(H,20,21). The van der Waals surface area contributed by atoms with Crippen molar-refractivity contribution in [1.29, 1.82) is 0 Å². The lowest BCUT2D eigenvalue weighted by molar-refractivity contribution is 0.0696. The predicted molar refractivity (Wildman–Crippen MR) is 82.7 cm³/mol. The largest absolute Gasteiger partial charge is 0.478 e. The van der Waals surface area contributed by atoms with Crippen molar-refractivity contribution >= 4 is 5.97 Å². The third-order valence-corrected chi connectivity index (χ3v) is 4.12. The molecule has 3 rings (SSSR count). The SMILES string of the molecule is O=C(O)c1cccc(CCN2CC(c3ccccc3)C2)c1. The van der Waals surface area contributed by atoms with E-state index >= 15 is 0 Å². The van der Waals surface area contributed by atoms with E-state index < -0.39 is 5.97 Å². The number of carbonyl (C=O) groups is 1. The molecule has 3 heteroatoms. The van der Waals surface area contributed by atoms with Crippen LogP contribution in [0.1, 0.15) is 27.4 Å². The van der Waals surface area contributed by atoms with Crippen molar-refractivity contribution in [2.75, 3.05) is 19.6 Å². The first-order valence-electron chi connectivity index (χ1n) is 7.32. The maximum atomic E-state index is 10.9. The molecule has 2 aromatic carbocycles. The number of carboxylic acids is 1. The van der Waals surface area contributed by atoms with Crippen LogP contribution in [0.15, 0.2) is 54.6 Å². The lowest BCUT2D eigenvalue weighted by Gasteiger charge is -2.39. The van der Waals surface area contributed by atoms with Gasteiger partial charge in [0.05, 0.1) is 5.56 Å². The lowest BCUT2D eigenvalue weighted by atomic mass is 9.91. The average Bonchev–Trinajstić information content (AvgIpc) is 2.47. The number of rotatable bonds is 5. The summed E-state index contributed by atoms with van der Waals surface area (Å²) >= 11 is 0. The molecule has 1 aliphatic heterocycles. The van der Waals surface area contributed by atoms with Crippen LogP contribution in [-0.4, -0.2) is 35.6 Å². The predicted octanol–water partition coefficient (Wildman–Crippen LogP) is 3.03. The van der Waals surface area contributed by atoms with Gasteiger partial charge in [-0.1, -0.05) is 42.5 Å². The maximum absolute atomic E-state index is 10.9. The lowest BCUT2D eigenvalue weighted by Crippen LogP contribution is -2.45. The van der Waals surface area contributed by atoms with Crippen LogP contribution < -0.4 is 0 Å². The Labute approximate surface area is 124 Å². The molecule has 0 bridgehead atoms. The van der Waals surface area contributed by atoms with E-state index in [0.29, 0.717) is 11.5 Å². The Morgan fingerprint density at radius 2 is 1.86 bits per heavy atom. The van der Waals surface area contributed by atoms with Crippen LogP contribution in [0.2, 0.25) is 0 Å². The van der Waals surface area contributed by atoms with Crippen LogP contribution in [0.5, 0.6) is 0 Å². The molecule has 0 aliphatic carbocycles. The highest BCUT2D eigenvalue weighted by atomic mass is 16.4. The van der Waals surface area contributed by atoms with Gasteiger partial charge in [0.2, 0.25) is 0 Å². The van der Waals surface area contributed by atoms with Gasteiger partial charge in [-0.15, -0.1) is 0 Å². The molecule has 1 saturated heterocycles. The van der Waals surface area contributed by atoms with Crippen LogP contribution >= 0.6 is 0 Å². The van der Waals surface area contributed by atoms with E-state index in [1.807, 2.05) is 12.1 Å². The van der Waals surface area contributed by atoms with E-state index in [9.17, 15) is 4.79 Å². The first-order valence-corrected chi connectivity index (χ1v) is 7.32. The van der Waals surface area contributed by atoms with Crippen LogP contribution in [-0.2, 0) is 6.42 Å². The van der Waals surface area contributed by atoms with Gasteiger partial charge in [0, 0.05) is 25.6 Å². The van der Waals surface area contributed by atoms with Crippen molar-refractivity contribution in [3.63, 3.8) is 0 Å².